The van der Waals surface area contributed by atoms with Gasteiger partial charge in [-0.25, -0.2) is 4.79 Å². The molecule has 0 radical (unpaired) electrons. The summed E-state index contributed by atoms with van der Waals surface area (Å²) in [5.41, 5.74) is 4.41. The maximum absolute atomic E-state index is 12.7. The van der Waals surface area contributed by atoms with Crippen molar-refractivity contribution in [2.24, 2.45) is 0 Å². The van der Waals surface area contributed by atoms with Crippen molar-refractivity contribution in [3.05, 3.63) is 70.6 Å². The minimum absolute atomic E-state index is 0.337. The lowest BCUT2D eigenvalue weighted by Gasteiger charge is -2.10. The molecule has 34 heavy (non-hydrogen) atoms. The topological polar surface area (TPSA) is 87.0 Å². The van der Waals surface area contributed by atoms with Crippen molar-refractivity contribution >= 4 is 45.4 Å². The fraction of sp³-hybridized carbons (Fsp3) is 0.154. The van der Waals surface area contributed by atoms with Crippen molar-refractivity contribution in [2.75, 3.05) is 26.6 Å². The zero-order valence-corrected chi connectivity index (χ0v) is 19.9. The molecule has 0 unspecified atom stereocenters. The molecule has 0 aliphatic carbocycles. The van der Waals surface area contributed by atoms with Gasteiger partial charge in [-0.3, -0.25) is 4.79 Å². The predicted molar refractivity (Wildman–Crippen MR) is 133 cm³/mol. The highest BCUT2D eigenvalue weighted by molar-refractivity contribution is 7.12. The number of hydrogen-bond donors (Lipinski definition) is 1. The molecule has 0 aliphatic rings. The SMILES string of the molecule is COC(=O)c1sccc1NC(=O)/C=C(\C)c1cc2c(-c3ccc(OC)cc3)coc2cc1OC. The van der Waals surface area contributed by atoms with Crippen molar-refractivity contribution in [2.45, 2.75) is 6.92 Å². The van der Waals surface area contributed by atoms with Gasteiger partial charge < -0.3 is 23.9 Å². The number of allylic oxidation sites excluding steroid dienone is 1. The van der Waals surface area contributed by atoms with Crippen LogP contribution in [0.1, 0.15) is 22.2 Å². The second-order valence-corrected chi connectivity index (χ2v) is 8.31. The Balaban J connectivity index is 1.68. The summed E-state index contributed by atoms with van der Waals surface area (Å²) in [6.07, 6.45) is 3.17. The first-order chi connectivity index (χ1) is 16.4. The summed E-state index contributed by atoms with van der Waals surface area (Å²) >= 11 is 1.20. The highest BCUT2D eigenvalue weighted by atomic mass is 32.1. The largest absolute Gasteiger partial charge is 0.497 e. The van der Waals surface area contributed by atoms with Crippen molar-refractivity contribution in [1.29, 1.82) is 0 Å². The van der Waals surface area contributed by atoms with Crippen LogP contribution in [0.25, 0.3) is 27.7 Å². The molecular formula is C26H23NO6S. The zero-order valence-electron chi connectivity index (χ0n) is 19.1. The van der Waals surface area contributed by atoms with E-state index in [1.54, 1.807) is 38.0 Å². The lowest BCUT2D eigenvalue weighted by molar-refractivity contribution is -0.111. The molecule has 4 rings (SSSR count). The zero-order chi connectivity index (χ0) is 24.2. The average Bonchev–Trinajstić information content (AvgIpc) is 3.49. The van der Waals surface area contributed by atoms with Crippen LogP contribution in [0.3, 0.4) is 0 Å². The van der Waals surface area contributed by atoms with Crippen LogP contribution in [-0.4, -0.2) is 33.2 Å². The van der Waals surface area contributed by atoms with Crippen LogP contribution < -0.4 is 14.8 Å². The maximum atomic E-state index is 12.7. The summed E-state index contributed by atoms with van der Waals surface area (Å²) in [7, 11) is 4.50. The number of fused-ring (bicyclic) bond motifs is 1. The van der Waals surface area contributed by atoms with E-state index in [0.29, 0.717) is 27.5 Å². The molecular weight excluding hydrogens is 454 g/mol. The van der Waals surface area contributed by atoms with E-state index >= 15 is 0 Å². The number of methoxy groups -OCH3 is 3. The Hall–Kier alpha value is -4.04. The number of thiophene rings is 1. The Morgan fingerprint density at radius 3 is 2.47 bits per heavy atom. The van der Waals surface area contributed by atoms with Gasteiger partial charge in [-0.1, -0.05) is 12.1 Å². The van der Waals surface area contributed by atoms with Crippen molar-refractivity contribution < 1.29 is 28.2 Å². The molecule has 0 spiro atoms. The fourth-order valence-electron chi connectivity index (χ4n) is 3.63. The predicted octanol–water partition coefficient (Wildman–Crippen LogP) is 6.01. The number of hydrogen-bond acceptors (Lipinski definition) is 7. The quantitative estimate of drug-likeness (QED) is 0.259. The molecule has 0 aliphatic heterocycles. The van der Waals surface area contributed by atoms with E-state index in [1.807, 2.05) is 37.3 Å². The van der Waals surface area contributed by atoms with Crippen LogP contribution in [0.15, 0.2) is 64.6 Å². The van der Waals surface area contributed by atoms with Gasteiger partial charge in [0, 0.05) is 28.7 Å². The summed E-state index contributed by atoms with van der Waals surface area (Å²) in [6, 6.07) is 13.1. The third kappa shape index (κ3) is 4.53. The molecule has 8 heteroatoms. The standard InChI is InChI=1S/C26H23NO6S/c1-15(11-24(28)27-21-9-10-34-25(21)26(29)32-4)18-12-19-20(14-33-23(19)13-22(18)31-3)16-5-7-17(30-2)8-6-16/h5-14H,1-4H3,(H,27,28)/b15-11+. The Morgan fingerprint density at radius 2 is 1.79 bits per heavy atom. The third-order valence-electron chi connectivity index (χ3n) is 5.36. The highest BCUT2D eigenvalue weighted by Gasteiger charge is 2.17. The van der Waals surface area contributed by atoms with Gasteiger partial charge >= 0.3 is 5.97 Å². The maximum Gasteiger partial charge on any atom is 0.350 e. The van der Waals surface area contributed by atoms with E-state index in [-0.39, 0.29) is 5.91 Å². The number of carbonyl (C=O) groups is 2. The third-order valence-corrected chi connectivity index (χ3v) is 6.26. The molecule has 1 amide bonds. The molecule has 0 saturated carbocycles. The smallest absolute Gasteiger partial charge is 0.350 e. The van der Waals surface area contributed by atoms with Gasteiger partial charge in [0.05, 0.1) is 33.3 Å². The van der Waals surface area contributed by atoms with E-state index in [0.717, 1.165) is 27.8 Å². The molecule has 4 aromatic rings. The normalized spacial score (nSPS) is 11.4. The number of benzene rings is 2. The van der Waals surface area contributed by atoms with Crippen LogP contribution in [0.2, 0.25) is 0 Å². The summed E-state index contributed by atoms with van der Waals surface area (Å²) in [4.78, 5) is 24.9. The minimum Gasteiger partial charge on any atom is -0.497 e. The van der Waals surface area contributed by atoms with Crippen molar-refractivity contribution in [3.8, 4) is 22.6 Å². The van der Waals surface area contributed by atoms with Crippen LogP contribution >= 0.6 is 11.3 Å². The van der Waals surface area contributed by atoms with Gasteiger partial charge in [0.25, 0.3) is 0 Å². The van der Waals surface area contributed by atoms with Gasteiger partial charge in [0.15, 0.2) is 0 Å². The molecule has 0 fully saturated rings. The monoisotopic (exact) mass is 477 g/mol. The average molecular weight is 478 g/mol. The van der Waals surface area contributed by atoms with Gasteiger partial charge in [-0.05, 0) is 47.7 Å². The molecule has 7 nitrogen and oxygen atoms in total. The molecule has 1 N–H and O–H groups in total. The molecule has 174 valence electrons. The molecule has 0 saturated heterocycles. The number of anilines is 1. The lowest BCUT2D eigenvalue weighted by atomic mass is 9.99. The summed E-state index contributed by atoms with van der Waals surface area (Å²) in [5, 5.41) is 5.35. The van der Waals surface area contributed by atoms with Gasteiger partial charge in [0.1, 0.15) is 22.0 Å². The number of rotatable bonds is 7. The van der Waals surface area contributed by atoms with Gasteiger partial charge in [0.2, 0.25) is 5.91 Å². The first-order valence-electron chi connectivity index (χ1n) is 10.3. The number of ether oxygens (including phenoxy) is 3. The second-order valence-electron chi connectivity index (χ2n) is 7.40. The lowest BCUT2D eigenvalue weighted by Crippen LogP contribution is -2.11. The van der Waals surface area contributed by atoms with Crippen molar-refractivity contribution in [1.82, 2.24) is 0 Å². The van der Waals surface area contributed by atoms with Gasteiger partial charge in [-0.15, -0.1) is 11.3 Å². The molecule has 0 bridgehead atoms. The highest BCUT2D eigenvalue weighted by Crippen LogP contribution is 2.37. The number of amides is 1. The molecule has 2 heterocycles. The van der Waals surface area contributed by atoms with Gasteiger partial charge in [-0.2, -0.15) is 0 Å². The first-order valence-corrected chi connectivity index (χ1v) is 11.2. The van der Waals surface area contributed by atoms with E-state index in [2.05, 4.69) is 5.32 Å². The van der Waals surface area contributed by atoms with E-state index in [9.17, 15) is 9.59 Å². The first kappa shape index (κ1) is 23.1. The Labute approximate surface area is 200 Å². The minimum atomic E-state index is -0.496. The Kier molecular flexibility index (Phi) is 6.70. The summed E-state index contributed by atoms with van der Waals surface area (Å²) in [6.45, 7) is 1.82. The van der Waals surface area contributed by atoms with E-state index in [4.69, 9.17) is 18.6 Å². The fourth-order valence-corrected chi connectivity index (χ4v) is 4.39. The molecule has 0 atom stereocenters. The number of esters is 1. The Morgan fingerprint density at radius 1 is 1.03 bits per heavy atom. The molecule has 2 aromatic heterocycles. The summed E-state index contributed by atoms with van der Waals surface area (Å²) < 4.78 is 21.4. The Bertz CT molecular complexity index is 1380. The summed E-state index contributed by atoms with van der Waals surface area (Å²) in [5.74, 6) is 0.482. The number of nitrogens with one attached hydrogen (secondary N) is 1. The van der Waals surface area contributed by atoms with Crippen LogP contribution in [0.4, 0.5) is 5.69 Å². The number of furan rings is 1. The second kappa shape index (κ2) is 9.84. The molecule has 2 aromatic carbocycles. The van der Waals surface area contributed by atoms with Crippen LogP contribution in [0, 0.1) is 0 Å². The van der Waals surface area contributed by atoms with E-state index in [1.165, 1.54) is 24.5 Å². The van der Waals surface area contributed by atoms with Crippen LogP contribution in [0.5, 0.6) is 11.5 Å². The van der Waals surface area contributed by atoms with Crippen molar-refractivity contribution in [3.63, 3.8) is 0 Å². The number of carbonyl (C=O) groups excluding carboxylic acids is 2. The van der Waals surface area contributed by atoms with Crippen LogP contribution in [-0.2, 0) is 9.53 Å². The van der Waals surface area contributed by atoms with E-state index < -0.39 is 5.97 Å².